The van der Waals surface area contributed by atoms with Crippen molar-refractivity contribution >= 4 is 46.2 Å². The average Bonchev–Trinajstić information content (AvgIpc) is 4.11. The average molecular weight is 862 g/mol. The van der Waals surface area contributed by atoms with Crippen LogP contribution in [-0.2, 0) is 36.8 Å². The van der Waals surface area contributed by atoms with Crippen molar-refractivity contribution in [3.8, 4) is 28.1 Å². The molecule has 0 radical (unpaired) electrons. The number of aromatic amines is 1. The molecule has 8 rings (SSSR count). The topological polar surface area (TPSA) is 177 Å². The lowest BCUT2D eigenvalue weighted by molar-refractivity contribution is -0.136. The van der Waals surface area contributed by atoms with Gasteiger partial charge >= 0.3 is 12.2 Å². The van der Waals surface area contributed by atoms with E-state index in [0.29, 0.717) is 38.4 Å². The Kier molecular flexibility index (Phi) is 12.5. The Hall–Kier alpha value is -5.96. The molecule has 0 bridgehead atoms. The van der Waals surface area contributed by atoms with Crippen molar-refractivity contribution in [1.82, 2.24) is 30.4 Å². The van der Waals surface area contributed by atoms with Crippen molar-refractivity contribution in [3.63, 3.8) is 0 Å². The Bertz CT molecular complexity index is 2450. The first kappa shape index (κ1) is 43.7. The monoisotopic (exact) mass is 861 g/mol. The molecule has 4 aromatic rings. The Morgan fingerprint density at radius 1 is 0.921 bits per heavy atom. The lowest BCUT2D eigenvalue weighted by Gasteiger charge is -2.34. The van der Waals surface area contributed by atoms with Crippen LogP contribution < -0.4 is 15.4 Å². The number of amides is 4. The molecule has 4 aliphatic heterocycles. The Balaban J connectivity index is 1.02. The number of likely N-dealkylation sites (tertiary alicyclic amines) is 2. The molecule has 4 amide bonds. The maximum absolute atomic E-state index is 14.2. The number of fused-ring (bicyclic) bond motifs is 6. The largest absolute Gasteiger partial charge is 0.488 e. The molecule has 1 aromatic heterocycles. The molecule has 334 valence electrons. The number of methoxy groups -OCH3 is 3. The zero-order chi connectivity index (χ0) is 44.7. The van der Waals surface area contributed by atoms with Gasteiger partial charge in [0.1, 0.15) is 30.3 Å². The molecule has 3 aromatic carbocycles. The molecule has 15 heteroatoms. The fraction of sp³-hybridized carbons (Fsp3) is 0.500. The molecule has 63 heavy (non-hydrogen) atoms. The maximum atomic E-state index is 14.2. The predicted molar refractivity (Wildman–Crippen MR) is 239 cm³/mol. The number of aromatic nitrogens is 2. The van der Waals surface area contributed by atoms with Crippen LogP contribution in [0.2, 0.25) is 0 Å². The van der Waals surface area contributed by atoms with Crippen LogP contribution in [0.4, 0.5) is 15.3 Å². The van der Waals surface area contributed by atoms with Gasteiger partial charge in [0, 0.05) is 43.3 Å². The van der Waals surface area contributed by atoms with Crippen molar-refractivity contribution in [2.75, 3.05) is 34.5 Å². The fourth-order valence-electron chi connectivity index (χ4n) is 9.92. The minimum atomic E-state index is -0.751. The lowest BCUT2D eigenvalue weighted by atomic mass is 9.90. The van der Waals surface area contributed by atoms with Crippen LogP contribution in [0, 0.1) is 17.8 Å². The van der Waals surface area contributed by atoms with E-state index in [1.54, 1.807) is 12.0 Å². The van der Waals surface area contributed by atoms with Gasteiger partial charge in [-0.2, -0.15) is 0 Å². The molecule has 2 saturated heterocycles. The van der Waals surface area contributed by atoms with Crippen LogP contribution in [-0.4, -0.2) is 108 Å². The molecule has 4 aliphatic rings. The van der Waals surface area contributed by atoms with E-state index in [1.807, 2.05) is 38.8 Å². The number of hydrogen-bond acceptors (Lipinski definition) is 10. The summed E-state index contributed by atoms with van der Waals surface area (Å²) in [7, 11) is 4.26. The molecule has 0 aliphatic carbocycles. The van der Waals surface area contributed by atoms with Crippen LogP contribution >= 0.6 is 0 Å². The summed E-state index contributed by atoms with van der Waals surface area (Å²) in [4.78, 5) is 69.8. The summed E-state index contributed by atoms with van der Waals surface area (Å²) in [6.07, 6.45) is 4.24. The molecule has 0 saturated carbocycles. The first-order valence-corrected chi connectivity index (χ1v) is 22.1. The Morgan fingerprint density at radius 2 is 1.68 bits per heavy atom. The Labute approximate surface area is 368 Å². The number of nitrogens with one attached hydrogen (secondary N) is 3. The summed E-state index contributed by atoms with van der Waals surface area (Å²) >= 11 is 0. The van der Waals surface area contributed by atoms with E-state index < -0.39 is 24.3 Å². The van der Waals surface area contributed by atoms with Crippen LogP contribution in [0.1, 0.15) is 83.3 Å². The second kappa shape index (κ2) is 18.0. The number of ether oxygens (including phenoxy) is 4. The van der Waals surface area contributed by atoms with Crippen molar-refractivity contribution in [2.45, 2.75) is 104 Å². The number of H-pyrrole nitrogens is 1. The number of hydrogen-bond donors (Lipinski definition) is 3. The zero-order valence-electron chi connectivity index (χ0n) is 37.4. The minimum absolute atomic E-state index is 0.0102. The van der Waals surface area contributed by atoms with Gasteiger partial charge in [-0.3, -0.25) is 14.6 Å². The SMILES string of the molecule is CC[C@H](C)[C@H](NC(=O)OC)C(=O)N1C(C2=Nc3ccc4cc5c(cc4c3C2)OCc2cc(-c3cnc(C4C[C@H](COC)CN4C(=O)[C@@H](NC(=O)OC)C(C)C)[nH]3)ccc2-5)CC[C@@H]1C. The Morgan fingerprint density at radius 3 is 2.40 bits per heavy atom. The standard InChI is InChI=1S/C48H59N7O8/c1-9-26(4)43(53-48(59)62-8)46(57)55-27(5)10-15-39(55)37-19-34-33-20-41-35(18-29(33)12-14-36(34)50-37)32-13-11-30(17-31(32)24-63-41)38-21-49-44(51-38)40-16-28(23-60-6)22-54(40)45(56)42(25(2)3)52-47(58)61-7/h11-14,17-18,20-21,25-28,39-40,42-43H,9-10,15-16,19,22-24H2,1-8H3,(H,49,51)(H,52,58)(H,53,59)/t26-,27-,28-,39?,40?,42-,43-/m0/s1. The number of imidazole rings is 1. The van der Waals surface area contributed by atoms with E-state index in [0.717, 1.165) is 80.7 Å². The molecule has 7 atom stereocenters. The third-order valence-electron chi connectivity index (χ3n) is 13.5. The third kappa shape index (κ3) is 8.34. The van der Waals surface area contributed by atoms with Crippen LogP contribution in [0.15, 0.2) is 53.7 Å². The highest BCUT2D eigenvalue weighted by atomic mass is 16.5. The lowest BCUT2D eigenvalue weighted by Crippen LogP contribution is -2.55. The van der Waals surface area contributed by atoms with Gasteiger partial charge in [0.15, 0.2) is 0 Å². The molecule has 5 heterocycles. The summed E-state index contributed by atoms with van der Waals surface area (Å²) in [5.74, 6) is 1.09. The van der Waals surface area contributed by atoms with E-state index in [-0.39, 0.29) is 47.7 Å². The van der Waals surface area contributed by atoms with Gasteiger partial charge in [-0.1, -0.05) is 52.3 Å². The predicted octanol–water partition coefficient (Wildman–Crippen LogP) is 7.48. The van der Waals surface area contributed by atoms with Gasteiger partial charge in [-0.25, -0.2) is 14.6 Å². The van der Waals surface area contributed by atoms with Crippen LogP contribution in [0.25, 0.3) is 33.2 Å². The second-order valence-corrected chi connectivity index (χ2v) is 17.9. The number of nitrogens with zero attached hydrogens (tertiary/aromatic N) is 4. The highest BCUT2D eigenvalue weighted by Crippen LogP contribution is 2.45. The van der Waals surface area contributed by atoms with Crippen LogP contribution in [0.3, 0.4) is 0 Å². The summed E-state index contributed by atoms with van der Waals surface area (Å²) < 4.78 is 21.7. The van der Waals surface area contributed by atoms with E-state index in [2.05, 4.69) is 65.0 Å². The number of benzene rings is 3. The molecule has 2 fully saturated rings. The van der Waals surface area contributed by atoms with E-state index >= 15 is 0 Å². The van der Waals surface area contributed by atoms with Crippen molar-refractivity contribution in [1.29, 1.82) is 0 Å². The van der Waals surface area contributed by atoms with E-state index in [4.69, 9.17) is 28.9 Å². The van der Waals surface area contributed by atoms with Crippen LogP contribution in [0.5, 0.6) is 5.75 Å². The highest BCUT2D eigenvalue weighted by Gasteiger charge is 2.44. The van der Waals surface area contributed by atoms with Gasteiger partial charge in [0.05, 0.1) is 50.5 Å². The second-order valence-electron chi connectivity index (χ2n) is 17.9. The van der Waals surface area contributed by atoms with Gasteiger partial charge in [0.2, 0.25) is 11.8 Å². The first-order chi connectivity index (χ1) is 30.3. The number of rotatable bonds is 12. The van der Waals surface area contributed by atoms with Gasteiger partial charge in [-0.15, -0.1) is 0 Å². The molecule has 2 unspecified atom stereocenters. The summed E-state index contributed by atoms with van der Waals surface area (Å²) in [5.41, 5.74) is 7.93. The number of alkyl carbamates (subject to hydrolysis) is 2. The molecule has 15 nitrogen and oxygen atoms in total. The van der Waals surface area contributed by atoms with E-state index in [9.17, 15) is 19.2 Å². The molecular formula is C48H59N7O8. The molecule has 0 spiro atoms. The van der Waals surface area contributed by atoms with Crippen molar-refractivity contribution in [3.05, 3.63) is 65.6 Å². The maximum Gasteiger partial charge on any atom is 0.407 e. The quantitative estimate of drug-likeness (QED) is 0.130. The minimum Gasteiger partial charge on any atom is -0.488 e. The number of carbonyl (C=O) groups excluding carboxylic acids is 4. The molecule has 3 N–H and O–H groups in total. The summed E-state index contributed by atoms with van der Waals surface area (Å²) in [5, 5.41) is 7.70. The van der Waals surface area contributed by atoms with Gasteiger partial charge in [-0.05, 0) is 95.3 Å². The normalized spacial score (nSPS) is 21.5. The third-order valence-corrected chi connectivity index (χ3v) is 13.5. The smallest absolute Gasteiger partial charge is 0.407 e. The summed E-state index contributed by atoms with van der Waals surface area (Å²) in [6.45, 7) is 11.2. The summed E-state index contributed by atoms with van der Waals surface area (Å²) in [6, 6.07) is 12.9. The first-order valence-electron chi connectivity index (χ1n) is 22.1. The zero-order valence-corrected chi connectivity index (χ0v) is 37.4. The van der Waals surface area contributed by atoms with Crippen molar-refractivity contribution < 1.29 is 38.1 Å². The molecular weight excluding hydrogens is 803 g/mol. The fourth-order valence-corrected chi connectivity index (χ4v) is 9.92. The van der Waals surface area contributed by atoms with Crippen molar-refractivity contribution in [2.24, 2.45) is 22.7 Å². The number of aliphatic imine (C=N–C) groups is 1. The van der Waals surface area contributed by atoms with E-state index in [1.165, 1.54) is 14.2 Å². The van der Waals surface area contributed by atoms with Gasteiger partial charge < -0.3 is 44.4 Å². The highest BCUT2D eigenvalue weighted by molar-refractivity contribution is 6.06. The van der Waals surface area contributed by atoms with Gasteiger partial charge in [0.25, 0.3) is 0 Å². The number of carbonyl (C=O) groups is 4.